The van der Waals surface area contributed by atoms with Crippen LogP contribution in [0, 0.1) is 13.8 Å². The molecule has 3 aromatic heterocycles. The Morgan fingerprint density at radius 3 is 2.70 bits per heavy atom. The van der Waals surface area contributed by atoms with Gasteiger partial charge < -0.3 is 0 Å². The summed E-state index contributed by atoms with van der Waals surface area (Å²) < 4.78 is 1.06. The van der Waals surface area contributed by atoms with Gasteiger partial charge >= 0.3 is 0 Å². The summed E-state index contributed by atoms with van der Waals surface area (Å²) in [5, 5.41) is 0.637. The maximum absolute atomic E-state index is 13.1. The summed E-state index contributed by atoms with van der Waals surface area (Å²) >= 11 is 1.50. The van der Waals surface area contributed by atoms with E-state index in [2.05, 4.69) is 34.0 Å². The van der Waals surface area contributed by atoms with Crippen molar-refractivity contribution in [3.63, 3.8) is 0 Å². The lowest BCUT2D eigenvalue weighted by atomic mass is 10.1. The van der Waals surface area contributed by atoms with Crippen LogP contribution in [0.2, 0.25) is 0 Å². The Kier molecular flexibility index (Phi) is 4.60. The summed E-state index contributed by atoms with van der Waals surface area (Å²) in [7, 11) is 0. The molecule has 0 unspecified atom stereocenters. The van der Waals surface area contributed by atoms with Crippen LogP contribution >= 0.6 is 11.3 Å². The molecule has 0 spiro atoms. The fourth-order valence-electron chi connectivity index (χ4n) is 2.92. The first-order chi connectivity index (χ1) is 13.1. The zero-order valence-electron chi connectivity index (χ0n) is 15.0. The molecule has 7 heteroatoms. The van der Waals surface area contributed by atoms with Crippen LogP contribution in [0.1, 0.15) is 27.2 Å². The highest BCUT2D eigenvalue weighted by Gasteiger charge is 2.23. The summed E-state index contributed by atoms with van der Waals surface area (Å²) in [6, 6.07) is 7.99. The normalized spacial score (nSPS) is 10.9. The van der Waals surface area contributed by atoms with Gasteiger partial charge in [0.05, 0.1) is 23.0 Å². The zero-order chi connectivity index (χ0) is 18.8. The summed E-state index contributed by atoms with van der Waals surface area (Å²) in [4.78, 5) is 31.9. The van der Waals surface area contributed by atoms with E-state index in [-0.39, 0.29) is 11.6 Å². The van der Waals surface area contributed by atoms with Gasteiger partial charge in [-0.1, -0.05) is 23.5 Å². The fraction of sp³-hybridized carbons (Fsp3) is 0.150. The molecule has 0 aliphatic carbocycles. The average molecular weight is 375 g/mol. The molecule has 3 heterocycles. The van der Waals surface area contributed by atoms with E-state index < -0.39 is 0 Å². The topological polar surface area (TPSA) is 71.9 Å². The summed E-state index contributed by atoms with van der Waals surface area (Å²) in [5.74, 6) is -0.236. The lowest BCUT2D eigenvalue weighted by Gasteiger charge is -2.19. The third-order valence-corrected chi connectivity index (χ3v) is 5.17. The number of aryl methyl sites for hydroxylation is 2. The first-order valence-electron chi connectivity index (χ1n) is 8.46. The van der Waals surface area contributed by atoms with Gasteiger partial charge in [-0.05, 0) is 42.7 Å². The number of rotatable bonds is 4. The van der Waals surface area contributed by atoms with Crippen molar-refractivity contribution in [2.45, 2.75) is 20.4 Å². The van der Waals surface area contributed by atoms with Crippen molar-refractivity contribution in [2.24, 2.45) is 0 Å². The predicted octanol–water partition coefficient (Wildman–Crippen LogP) is 3.95. The molecule has 4 aromatic rings. The molecular formula is C20H17N5OS. The second kappa shape index (κ2) is 7.20. The molecule has 0 saturated heterocycles. The van der Waals surface area contributed by atoms with Gasteiger partial charge in [-0.2, -0.15) is 0 Å². The maximum atomic E-state index is 13.1. The monoisotopic (exact) mass is 375 g/mol. The number of amides is 1. The third-order valence-electron chi connectivity index (χ3n) is 4.14. The predicted molar refractivity (Wildman–Crippen MR) is 106 cm³/mol. The first kappa shape index (κ1) is 17.2. The molecule has 0 saturated carbocycles. The number of carbonyl (C=O) groups is 1. The molecule has 4 rings (SSSR count). The minimum absolute atomic E-state index is 0.236. The van der Waals surface area contributed by atoms with Gasteiger partial charge in [0.1, 0.15) is 5.69 Å². The van der Waals surface area contributed by atoms with Gasteiger partial charge in [-0.3, -0.25) is 19.7 Å². The second-order valence-electron chi connectivity index (χ2n) is 6.27. The largest absolute Gasteiger partial charge is 0.280 e. The molecule has 0 atom stereocenters. The van der Waals surface area contributed by atoms with E-state index in [0.717, 1.165) is 21.3 Å². The number of nitrogens with zero attached hydrogens (tertiary/aromatic N) is 5. The Labute approximate surface area is 160 Å². The smallest absolute Gasteiger partial charge is 0.278 e. The minimum Gasteiger partial charge on any atom is -0.278 e. The van der Waals surface area contributed by atoms with Gasteiger partial charge in [0.2, 0.25) is 0 Å². The molecular weight excluding hydrogens is 358 g/mol. The number of aromatic nitrogens is 4. The molecule has 0 N–H and O–H groups in total. The van der Waals surface area contributed by atoms with Gasteiger partial charge in [-0.25, -0.2) is 9.97 Å². The number of hydrogen-bond donors (Lipinski definition) is 0. The first-order valence-corrected chi connectivity index (χ1v) is 9.28. The van der Waals surface area contributed by atoms with Crippen molar-refractivity contribution in [3.8, 4) is 0 Å². The van der Waals surface area contributed by atoms with Gasteiger partial charge in [0.15, 0.2) is 5.13 Å². The van der Waals surface area contributed by atoms with Crippen LogP contribution in [-0.4, -0.2) is 25.8 Å². The SMILES string of the molecule is Cc1cc(C)c2nc(N(Cc3cccnc3)C(=O)c3cnccn3)sc2c1. The fourth-order valence-corrected chi connectivity index (χ4v) is 4.06. The number of anilines is 1. The number of thiazole rings is 1. The van der Waals surface area contributed by atoms with Gasteiger partial charge in [0.25, 0.3) is 5.91 Å². The number of pyridine rings is 1. The molecule has 0 fully saturated rings. The molecule has 0 bridgehead atoms. The molecule has 27 heavy (non-hydrogen) atoms. The van der Waals surface area contributed by atoms with Gasteiger partial charge in [0, 0.05) is 24.8 Å². The van der Waals surface area contributed by atoms with E-state index >= 15 is 0 Å². The van der Waals surface area contributed by atoms with Crippen molar-refractivity contribution in [1.82, 2.24) is 19.9 Å². The standard InChI is InChI=1S/C20H17N5OS/c1-13-8-14(2)18-17(9-13)27-20(24-18)25(12-15-4-3-5-21-10-15)19(26)16-11-22-6-7-23-16/h3-11H,12H2,1-2H3. The summed E-state index contributed by atoms with van der Waals surface area (Å²) in [5.41, 5.74) is 4.40. The second-order valence-corrected chi connectivity index (χ2v) is 7.28. The molecule has 1 aromatic carbocycles. The Morgan fingerprint density at radius 1 is 1.11 bits per heavy atom. The number of benzene rings is 1. The van der Waals surface area contributed by atoms with Gasteiger partial charge in [-0.15, -0.1) is 0 Å². The highest BCUT2D eigenvalue weighted by Crippen LogP contribution is 2.33. The van der Waals surface area contributed by atoms with Crippen LogP contribution < -0.4 is 4.90 Å². The Morgan fingerprint density at radius 2 is 1.96 bits per heavy atom. The van der Waals surface area contributed by atoms with Crippen LogP contribution in [0.3, 0.4) is 0 Å². The van der Waals surface area contributed by atoms with E-state index in [0.29, 0.717) is 11.7 Å². The van der Waals surface area contributed by atoms with Crippen molar-refractivity contribution in [2.75, 3.05) is 4.90 Å². The molecule has 0 aliphatic rings. The van der Waals surface area contributed by atoms with E-state index in [1.54, 1.807) is 23.5 Å². The quantitative estimate of drug-likeness (QED) is 0.540. The Hall–Kier alpha value is -3.19. The molecule has 0 radical (unpaired) electrons. The third kappa shape index (κ3) is 3.54. The molecule has 1 amide bonds. The zero-order valence-corrected chi connectivity index (χ0v) is 15.8. The average Bonchev–Trinajstić information content (AvgIpc) is 3.11. The van der Waals surface area contributed by atoms with E-state index in [1.807, 2.05) is 19.1 Å². The van der Waals surface area contributed by atoms with E-state index in [9.17, 15) is 4.79 Å². The number of hydrogen-bond acceptors (Lipinski definition) is 6. The lowest BCUT2D eigenvalue weighted by Crippen LogP contribution is -2.31. The molecule has 6 nitrogen and oxygen atoms in total. The highest BCUT2D eigenvalue weighted by atomic mass is 32.1. The van der Waals surface area contributed by atoms with E-state index in [4.69, 9.17) is 4.98 Å². The molecule has 0 aliphatic heterocycles. The highest BCUT2D eigenvalue weighted by molar-refractivity contribution is 7.22. The molecule has 134 valence electrons. The maximum Gasteiger partial charge on any atom is 0.280 e. The van der Waals surface area contributed by atoms with Crippen molar-refractivity contribution >= 4 is 32.6 Å². The van der Waals surface area contributed by atoms with Crippen LogP contribution in [0.15, 0.2) is 55.2 Å². The Bertz CT molecular complexity index is 1100. The summed E-state index contributed by atoms with van der Waals surface area (Å²) in [6.07, 6.45) is 8.00. The van der Waals surface area contributed by atoms with Crippen molar-refractivity contribution in [3.05, 3.63) is 77.6 Å². The summed E-state index contributed by atoms with van der Waals surface area (Å²) in [6.45, 7) is 4.46. The Balaban J connectivity index is 1.80. The van der Waals surface area contributed by atoms with E-state index in [1.165, 1.54) is 29.3 Å². The number of fused-ring (bicyclic) bond motifs is 1. The van der Waals surface area contributed by atoms with Crippen molar-refractivity contribution in [1.29, 1.82) is 0 Å². The van der Waals surface area contributed by atoms with Crippen LogP contribution in [0.5, 0.6) is 0 Å². The van der Waals surface area contributed by atoms with Crippen LogP contribution in [-0.2, 0) is 6.54 Å². The lowest BCUT2D eigenvalue weighted by molar-refractivity contribution is 0.0980. The minimum atomic E-state index is -0.236. The number of carbonyl (C=O) groups excluding carboxylic acids is 1. The van der Waals surface area contributed by atoms with Crippen LogP contribution in [0.25, 0.3) is 10.2 Å². The van der Waals surface area contributed by atoms with Crippen LogP contribution in [0.4, 0.5) is 5.13 Å². The van der Waals surface area contributed by atoms with Crippen molar-refractivity contribution < 1.29 is 4.79 Å².